The van der Waals surface area contributed by atoms with Crippen LogP contribution in [0, 0.1) is 30.6 Å². The molecule has 2 aliphatic carbocycles. The molecule has 1 aliphatic heterocycles. The monoisotopic (exact) mass is 446 g/mol. The maximum Gasteiger partial charge on any atom is 0.326 e. The van der Waals surface area contributed by atoms with Gasteiger partial charge in [-0.3, -0.25) is 24.1 Å². The van der Waals surface area contributed by atoms with Crippen molar-refractivity contribution in [2.24, 2.45) is 23.7 Å². The average molecular weight is 447 g/mol. The van der Waals surface area contributed by atoms with E-state index in [0.717, 1.165) is 21.4 Å². The van der Waals surface area contributed by atoms with Crippen LogP contribution < -0.4 is 5.32 Å². The maximum absolute atomic E-state index is 12.5. The molecule has 4 rings (SSSR count). The van der Waals surface area contributed by atoms with Crippen molar-refractivity contribution in [3.05, 3.63) is 40.4 Å². The summed E-state index contributed by atoms with van der Waals surface area (Å²) < 4.78 is 5.86. The Morgan fingerprint density at radius 1 is 1.18 bits per heavy atom. The van der Waals surface area contributed by atoms with Crippen LogP contribution in [-0.4, -0.2) is 41.7 Å². The molecule has 0 radical (unpaired) electrons. The topological polar surface area (TPSA) is 92.8 Å². The molecule has 1 saturated heterocycles. The number of nitrogens with one attached hydrogen (secondary N) is 1. The fourth-order valence-electron chi connectivity index (χ4n) is 4.39. The number of benzene rings is 1. The second-order valence-electron chi connectivity index (χ2n) is 7.43. The van der Waals surface area contributed by atoms with Gasteiger partial charge in [0, 0.05) is 10.2 Å². The first-order chi connectivity index (χ1) is 13.3. The van der Waals surface area contributed by atoms with E-state index in [1.807, 2.05) is 25.1 Å². The lowest BCUT2D eigenvalue weighted by Gasteiger charge is -2.16. The standard InChI is InChI=1S/C20H19BrN2O5/c1-10-6-13(21)4-5-14(10)22-15(24)9-28-16(25)8-23-19(26)17-11-2-3-12(7-11)18(17)20(23)27/h2-6,11-12,17-18H,7-9H2,1H3,(H,22,24)/t11-,12-,17+,18+/m0/s1. The molecule has 0 unspecified atom stereocenters. The minimum atomic E-state index is -0.773. The van der Waals surface area contributed by atoms with E-state index >= 15 is 0 Å². The Bertz CT molecular complexity index is 882. The Balaban J connectivity index is 1.30. The molecule has 1 heterocycles. The summed E-state index contributed by atoms with van der Waals surface area (Å²) in [6.45, 7) is 0.911. The van der Waals surface area contributed by atoms with Gasteiger partial charge in [0.25, 0.3) is 5.91 Å². The van der Waals surface area contributed by atoms with Crippen LogP contribution in [0.4, 0.5) is 5.69 Å². The Kier molecular flexibility index (Phi) is 4.82. The molecule has 0 spiro atoms. The molecular weight excluding hydrogens is 428 g/mol. The molecule has 0 aromatic heterocycles. The van der Waals surface area contributed by atoms with Crippen molar-refractivity contribution in [1.82, 2.24) is 4.90 Å². The molecule has 28 heavy (non-hydrogen) atoms. The van der Waals surface area contributed by atoms with Gasteiger partial charge >= 0.3 is 5.97 Å². The van der Waals surface area contributed by atoms with Crippen LogP contribution in [-0.2, 0) is 23.9 Å². The lowest BCUT2D eigenvalue weighted by atomic mass is 9.85. The van der Waals surface area contributed by atoms with E-state index in [1.54, 1.807) is 12.1 Å². The first-order valence-corrected chi connectivity index (χ1v) is 9.89. The molecule has 2 bridgehead atoms. The zero-order chi connectivity index (χ0) is 20.0. The number of ether oxygens (including phenoxy) is 1. The summed E-state index contributed by atoms with van der Waals surface area (Å²) in [5.74, 6) is -2.39. The fraction of sp³-hybridized carbons (Fsp3) is 0.400. The number of carbonyl (C=O) groups is 4. The molecule has 7 nitrogen and oxygen atoms in total. The van der Waals surface area contributed by atoms with Crippen molar-refractivity contribution < 1.29 is 23.9 Å². The van der Waals surface area contributed by atoms with Gasteiger partial charge in [0.05, 0.1) is 11.8 Å². The molecule has 1 aromatic rings. The molecule has 8 heteroatoms. The Morgan fingerprint density at radius 3 is 2.43 bits per heavy atom. The highest BCUT2D eigenvalue weighted by molar-refractivity contribution is 9.10. The SMILES string of the molecule is Cc1cc(Br)ccc1NC(=O)COC(=O)CN1C(=O)[C@H]2[C@H](C1=O)[C@H]1C=C[C@H]2C1. The third kappa shape index (κ3) is 3.26. The second kappa shape index (κ2) is 7.16. The summed E-state index contributed by atoms with van der Waals surface area (Å²) in [7, 11) is 0. The van der Waals surface area contributed by atoms with E-state index in [1.165, 1.54) is 0 Å². The predicted octanol–water partition coefficient (Wildman–Crippen LogP) is 2.05. The number of fused-ring (bicyclic) bond motifs is 5. The van der Waals surface area contributed by atoms with E-state index in [2.05, 4.69) is 21.2 Å². The van der Waals surface area contributed by atoms with Gasteiger partial charge in [-0.25, -0.2) is 0 Å². The van der Waals surface area contributed by atoms with Crippen molar-refractivity contribution >= 4 is 45.3 Å². The third-order valence-electron chi connectivity index (χ3n) is 5.68. The highest BCUT2D eigenvalue weighted by Gasteiger charge is 2.59. The highest BCUT2D eigenvalue weighted by atomic mass is 79.9. The fourth-order valence-corrected chi connectivity index (χ4v) is 4.87. The van der Waals surface area contributed by atoms with E-state index < -0.39 is 25.0 Å². The largest absolute Gasteiger partial charge is 0.454 e. The molecular formula is C20H19BrN2O5. The number of nitrogens with zero attached hydrogens (tertiary/aromatic N) is 1. The number of imide groups is 1. The van der Waals surface area contributed by atoms with Crippen LogP contribution in [0.1, 0.15) is 12.0 Å². The maximum atomic E-state index is 12.5. The summed E-state index contributed by atoms with van der Waals surface area (Å²) in [5.41, 5.74) is 1.47. The van der Waals surface area contributed by atoms with Gasteiger partial charge in [0.15, 0.2) is 6.61 Å². The van der Waals surface area contributed by atoms with Crippen LogP contribution in [0.2, 0.25) is 0 Å². The van der Waals surface area contributed by atoms with Crippen LogP contribution in [0.5, 0.6) is 0 Å². The second-order valence-corrected chi connectivity index (χ2v) is 8.35. The van der Waals surface area contributed by atoms with Gasteiger partial charge in [-0.2, -0.15) is 0 Å². The molecule has 146 valence electrons. The number of amides is 3. The van der Waals surface area contributed by atoms with Crippen LogP contribution in [0.25, 0.3) is 0 Å². The molecule has 1 N–H and O–H groups in total. The third-order valence-corrected chi connectivity index (χ3v) is 6.17. The number of allylic oxidation sites excluding steroid dienone is 2. The van der Waals surface area contributed by atoms with Crippen LogP contribution in [0.3, 0.4) is 0 Å². The normalized spacial score (nSPS) is 27.3. The van der Waals surface area contributed by atoms with Gasteiger partial charge < -0.3 is 10.1 Å². The lowest BCUT2D eigenvalue weighted by Crippen LogP contribution is -2.38. The van der Waals surface area contributed by atoms with Crippen molar-refractivity contribution in [2.75, 3.05) is 18.5 Å². The van der Waals surface area contributed by atoms with E-state index in [-0.39, 0.29) is 35.5 Å². The first kappa shape index (κ1) is 18.9. The Labute approximate surface area is 170 Å². The first-order valence-electron chi connectivity index (χ1n) is 9.10. The predicted molar refractivity (Wildman–Crippen MR) is 103 cm³/mol. The summed E-state index contributed by atoms with van der Waals surface area (Å²) in [6.07, 6.45) is 4.82. The number of esters is 1. The molecule has 2 fully saturated rings. The van der Waals surface area contributed by atoms with Crippen LogP contribution >= 0.6 is 15.9 Å². The minimum absolute atomic E-state index is 0.0902. The van der Waals surface area contributed by atoms with Gasteiger partial charge in [0.1, 0.15) is 6.54 Å². The summed E-state index contributed by atoms with van der Waals surface area (Å²) >= 11 is 3.35. The van der Waals surface area contributed by atoms with Gasteiger partial charge in [0.2, 0.25) is 11.8 Å². The Morgan fingerprint density at radius 2 is 1.82 bits per heavy atom. The summed E-state index contributed by atoms with van der Waals surface area (Å²) in [5, 5.41) is 2.66. The number of anilines is 1. The summed E-state index contributed by atoms with van der Waals surface area (Å²) in [6, 6.07) is 5.38. The number of likely N-dealkylation sites (tertiary alicyclic amines) is 1. The van der Waals surface area contributed by atoms with Crippen molar-refractivity contribution in [1.29, 1.82) is 0 Å². The Hall–Kier alpha value is -2.48. The lowest BCUT2D eigenvalue weighted by molar-refractivity contribution is -0.154. The number of aryl methyl sites for hydroxylation is 1. The smallest absolute Gasteiger partial charge is 0.326 e. The van der Waals surface area contributed by atoms with Gasteiger partial charge in [-0.15, -0.1) is 0 Å². The molecule has 1 aromatic carbocycles. The van der Waals surface area contributed by atoms with Crippen LogP contribution in [0.15, 0.2) is 34.8 Å². The highest BCUT2D eigenvalue weighted by Crippen LogP contribution is 2.52. The minimum Gasteiger partial charge on any atom is -0.454 e. The van der Waals surface area contributed by atoms with Crippen molar-refractivity contribution in [3.8, 4) is 0 Å². The van der Waals surface area contributed by atoms with Gasteiger partial charge in [-0.1, -0.05) is 28.1 Å². The number of halogens is 1. The molecule has 4 atom stereocenters. The zero-order valence-electron chi connectivity index (χ0n) is 15.2. The molecule has 3 aliphatic rings. The van der Waals surface area contributed by atoms with Crippen molar-refractivity contribution in [3.63, 3.8) is 0 Å². The molecule has 3 amide bonds. The number of hydrogen-bond acceptors (Lipinski definition) is 5. The van der Waals surface area contributed by atoms with E-state index in [0.29, 0.717) is 5.69 Å². The number of rotatable bonds is 5. The zero-order valence-corrected chi connectivity index (χ0v) is 16.8. The van der Waals surface area contributed by atoms with E-state index in [9.17, 15) is 19.2 Å². The average Bonchev–Trinajstić information content (AvgIpc) is 3.32. The number of carbonyl (C=O) groups excluding carboxylic acids is 4. The number of hydrogen-bond donors (Lipinski definition) is 1. The van der Waals surface area contributed by atoms with E-state index in [4.69, 9.17) is 4.74 Å². The molecule has 1 saturated carbocycles. The quantitative estimate of drug-likeness (QED) is 0.424. The van der Waals surface area contributed by atoms with Crippen molar-refractivity contribution in [2.45, 2.75) is 13.3 Å². The summed E-state index contributed by atoms with van der Waals surface area (Å²) in [4.78, 5) is 50.2. The van der Waals surface area contributed by atoms with Gasteiger partial charge in [-0.05, 0) is 48.9 Å².